The molecule has 0 aliphatic carbocycles. The zero-order chi connectivity index (χ0) is 29.8. The van der Waals surface area contributed by atoms with Gasteiger partial charge in [0.05, 0.1) is 0 Å². The Kier molecular flexibility index (Phi) is 43.3. The van der Waals surface area contributed by atoms with Gasteiger partial charge in [0.2, 0.25) is 0 Å². The van der Waals surface area contributed by atoms with Crippen LogP contribution in [0.5, 0.6) is 0 Å². The van der Waals surface area contributed by atoms with Gasteiger partial charge in [-0.2, -0.15) is 0 Å². The first-order valence-corrected chi connectivity index (χ1v) is 16.5. The monoisotopic (exact) mass is 616 g/mol. The Labute approximate surface area is 264 Å². The van der Waals surface area contributed by atoms with Crippen LogP contribution in [-0.4, -0.2) is 11.9 Å². The number of carbonyl (C=O) groups excluding carboxylic acids is 2. The molecule has 0 saturated heterocycles. The van der Waals surface area contributed by atoms with Gasteiger partial charge in [-0.1, -0.05) is 127 Å². The number of hydrogen-bond acceptors (Lipinski definition) is 4. The van der Waals surface area contributed by atoms with E-state index in [1.807, 2.05) is 0 Å². The number of aliphatic carboxylic acids is 2. The molecule has 0 aromatic rings. The van der Waals surface area contributed by atoms with Crippen LogP contribution in [-0.2, 0) is 26.1 Å². The van der Waals surface area contributed by atoms with Gasteiger partial charge in [0, 0.05) is 11.9 Å². The molecule has 4 nitrogen and oxygen atoms in total. The summed E-state index contributed by atoms with van der Waals surface area (Å²) >= 11 is 0. The van der Waals surface area contributed by atoms with Gasteiger partial charge in [-0.05, 0) is 89.9 Å². The van der Waals surface area contributed by atoms with E-state index in [-0.39, 0.29) is 29.3 Å². The van der Waals surface area contributed by atoms with E-state index in [0.717, 1.165) is 64.2 Å². The summed E-state index contributed by atoms with van der Waals surface area (Å²) in [6.07, 6.45) is 43.9. The van der Waals surface area contributed by atoms with Crippen LogP contribution in [0.4, 0.5) is 0 Å². The predicted molar refractivity (Wildman–Crippen MR) is 169 cm³/mol. The summed E-state index contributed by atoms with van der Waals surface area (Å²) in [4.78, 5) is 20.4. The number of hydrogen-bond donors (Lipinski definition) is 0. The first-order valence-electron chi connectivity index (χ1n) is 16.5. The smallest absolute Gasteiger partial charge is 0.550 e. The van der Waals surface area contributed by atoms with Crippen LogP contribution in [0.3, 0.4) is 0 Å². The maximum Gasteiger partial charge on any atom is 2.00 e. The van der Waals surface area contributed by atoms with Gasteiger partial charge in [-0.15, -0.1) is 0 Å². The Morgan fingerprint density at radius 2 is 0.683 bits per heavy atom. The van der Waals surface area contributed by atoms with Crippen molar-refractivity contribution >= 4 is 11.9 Å². The second-order valence-electron chi connectivity index (χ2n) is 10.7. The summed E-state index contributed by atoms with van der Waals surface area (Å²) in [6, 6.07) is 0. The fourth-order valence-corrected chi connectivity index (χ4v) is 4.16. The third kappa shape index (κ3) is 48.5. The average Bonchev–Trinajstić information content (AvgIpc) is 2.93. The number of carboxylic acid groups (broad SMARTS) is 2. The third-order valence-electron chi connectivity index (χ3n) is 6.66. The summed E-state index contributed by atoms with van der Waals surface area (Å²) in [5.74, 6) is -1.84. The van der Waals surface area contributed by atoms with E-state index in [2.05, 4.69) is 62.5 Å². The summed E-state index contributed by atoms with van der Waals surface area (Å²) in [5.41, 5.74) is 0. The molecule has 0 rings (SSSR count). The van der Waals surface area contributed by atoms with Crippen LogP contribution in [0, 0.1) is 0 Å². The minimum Gasteiger partial charge on any atom is -0.550 e. The molecule has 0 fully saturated rings. The van der Waals surface area contributed by atoms with E-state index in [0.29, 0.717) is 0 Å². The molecule has 0 bridgehead atoms. The van der Waals surface area contributed by atoms with Gasteiger partial charge in [-0.3, -0.25) is 0 Å². The molecule has 0 radical (unpaired) electrons. The molecule has 0 atom stereocenters. The summed E-state index contributed by atoms with van der Waals surface area (Å²) < 4.78 is 0. The fourth-order valence-electron chi connectivity index (χ4n) is 4.16. The minimum atomic E-state index is -0.921. The number of allylic oxidation sites excluding steroid dienone is 8. The number of rotatable bonds is 28. The molecule has 41 heavy (non-hydrogen) atoms. The van der Waals surface area contributed by atoms with Crippen LogP contribution in [0.2, 0.25) is 0 Å². The predicted octanol–water partition coefficient (Wildman–Crippen LogP) is 9.10. The van der Waals surface area contributed by atoms with Crippen LogP contribution in [0.25, 0.3) is 0 Å². The van der Waals surface area contributed by atoms with E-state index in [1.165, 1.54) is 77.0 Å². The summed E-state index contributed by atoms with van der Waals surface area (Å²) in [6.45, 7) is 4.46. The molecule has 0 aromatic heterocycles. The van der Waals surface area contributed by atoms with Crippen molar-refractivity contribution in [2.24, 2.45) is 0 Å². The first kappa shape index (κ1) is 43.8. The molecule has 0 aromatic carbocycles. The van der Waals surface area contributed by atoms with Gasteiger partial charge >= 0.3 is 16.5 Å². The van der Waals surface area contributed by atoms with Crippen molar-refractivity contribution in [3.8, 4) is 0 Å². The topological polar surface area (TPSA) is 80.3 Å². The molecule has 0 N–H and O–H groups in total. The van der Waals surface area contributed by atoms with Crippen LogP contribution in [0.15, 0.2) is 48.6 Å². The van der Waals surface area contributed by atoms with Crippen molar-refractivity contribution in [2.75, 3.05) is 0 Å². The molecular weight excluding hydrogens is 555 g/mol. The van der Waals surface area contributed by atoms with E-state index in [1.54, 1.807) is 0 Å². The Bertz CT molecular complexity index is 596. The third-order valence-corrected chi connectivity index (χ3v) is 6.66. The number of carbonyl (C=O) groups is 2. The van der Waals surface area contributed by atoms with Gasteiger partial charge < -0.3 is 19.8 Å². The van der Waals surface area contributed by atoms with Crippen LogP contribution in [0.1, 0.15) is 168 Å². The summed E-state index contributed by atoms with van der Waals surface area (Å²) in [5, 5.41) is 20.4. The van der Waals surface area contributed by atoms with E-state index < -0.39 is 11.9 Å². The van der Waals surface area contributed by atoms with E-state index in [4.69, 9.17) is 0 Å². The number of unbranched alkanes of at least 4 members (excludes halogenated alkanes) is 16. The molecule has 0 heterocycles. The van der Waals surface area contributed by atoms with Gasteiger partial charge in [0.25, 0.3) is 0 Å². The molecule has 0 amide bonds. The van der Waals surface area contributed by atoms with Gasteiger partial charge in [-0.25, -0.2) is 0 Å². The van der Waals surface area contributed by atoms with Crippen molar-refractivity contribution in [2.45, 2.75) is 168 Å². The Balaban J connectivity index is -0.000000688. The Hall–Kier alpha value is -1.61. The van der Waals surface area contributed by atoms with Crippen LogP contribution >= 0.6 is 0 Å². The molecule has 0 aliphatic heterocycles. The average molecular weight is 618 g/mol. The SMILES string of the molecule is CCCCC/C=C\C/C=C\CCCCCCCC(=O)[O-].CCCCC/C=C\C/C=C\CCCCCCCC(=O)[O-].[Ni+2]. The molecule has 240 valence electrons. The minimum absolute atomic E-state index is 0. The zero-order valence-electron chi connectivity index (χ0n) is 26.5. The second-order valence-corrected chi connectivity index (χ2v) is 10.7. The molecule has 5 heteroatoms. The molecule has 0 spiro atoms. The maximum atomic E-state index is 10.2. The standard InChI is InChI=1S/2C18H32O2.Ni/c2*1-2-3-4-5-6-7-8-9-10-11-12-13-14-15-16-17-18(19)20;/h2*6-7,9-10H,2-5,8,11-17H2,1H3,(H,19,20);/q;;+2/p-2/b2*7-6-,10-9-;. The number of carboxylic acids is 2. The van der Waals surface area contributed by atoms with Crippen molar-refractivity contribution in [1.29, 1.82) is 0 Å². The Morgan fingerprint density at radius 1 is 0.415 bits per heavy atom. The largest absolute Gasteiger partial charge is 2.00 e. The van der Waals surface area contributed by atoms with Crippen molar-refractivity contribution < 1.29 is 36.3 Å². The fraction of sp³-hybridized carbons (Fsp3) is 0.722. The maximum absolute atomic E-state index is 10.2. The van der Waals surface area contributed by atoms with Gasteiger partial charge in [0.15, 0.2) is 0 Å². The summed E-state index contributed by atoms with van der Waals surface area (Å²) in [7, 11) is 0. The second kappa shape index (κ2) is 40.5. The molecule has 0 saturated carbocycles. The zero-order valence-corrected chi connectivity index (χ0v) is 27.5. The normalized spacial score (nSPS) is 11.4. The van der Waals surface area contributed by atoms with Crippen LogP contribution < -0.4 is 10.2 Å². The van der Waals surface area contributed by atoms with Crippen molar-refractivity contribution in [3.05, 3.63) is 48.6 Å². The van der Waals surface area contributed by atoms with E-state index in [9.17, 15) is 19.8 Å². The Morgan fingerprint density at radius 3 is 0.976 bits per heavy atom. The molecular formula is C36H62NiO4. The van der Waals surface area contributed by atoms with Gasteiger partial charge in [0.1, 0.15) is 0 Å². The quantitative estimate of drug-likeness (QED) is 0.0498. The van der Waals surface area contributed by atoms with Crippen molar-refractivity contribution in [1.82, 2.24) is 0 Å². The molecule has 0 aliphatic rings. The van der Waals surface area contributed by atoms with Crippen molar-refractivity contribution in [3.63, 3.8) is 0 Å². The molecule has 0 unspecified atom stereocenters. The first-order chi connectivity index (χ1) is 19.5. The van der Waals surface area contributed by atoms with E-state index >= 15 is 0 Å².